The molecule has 2 atom stereocenters. The van der Waals surface area contributed by atoms with Crippen LogP contribution in [0, 0.1) is 0 Å². The molecule has 0 radical (unpaired) electrons. The molecule has 0 saturated heterocycles. The zero-order valence-electron chi connectivity index (χ0n) is 15.1. The van der Waals surface area contributed by atoms with Crippen LogP contribution in [-0.2, 0) is 22.4 Å². The van der Waals surface area contributed by atoms with E-state index in [0.717, 1.165) is 5.56 Å². The summed E-state index contributed by atoms with van der Waals surface area (Å²) in [6.45, 7) is 0.298. The molecule has 0 saturated carbocycles. The summed E-state index contributed by atoms with van der Waals surface area (Å²) in [5, 5.41) is 32.8. The van der Waals surface area contributed by atoms with Crippen LogP contribution in [0.3, 0.4) is 0 Å². The van der Waals surface area contributed by atoms with Gasteiger partial charge in [0.05, 0.1) is 6.10 Å². The monoisotopic (exact) mass is 419 g/mol. The lowest BCUT2D eigenvalue weighted by Gasteiger charge is -2.18. The highest BCUT2D eigenvalue weighted by atomic mass is 35.5. The maximum atomic E-state index is 11.5. The summed E-state index contributed by atoms with van der Waals surface area (Å²) in [4.78, 5) is 22.9. The summed E-state index contributed by atoms with van der Waals surface area (Å²) in [5.74, 6) is -5.99. The zero-order valence-corrected chi connectivity index (χ0v) is 15.8. The second-order valence-corrected chi connectivity index (χ2v) is 7.48. The summed E-state index contributed by atoms with van der Waals surface area (Å²) in [7, 11) is 0. The van der Waals surface area contributed by atoms with Gasteiger partial charge in [-0.05, 0) is 42.2 Å². The number of carbonyl (C=O) groups is 2. The Labute approximate surface area is 170 Å². The number of benzene rings is 2. The number of hydrogen-bond donors (Lipinski definition) is 4. The van der Waals surface area contributed by atoms with E-state index in [4.69, 9.17) is 21.1 Å². The van der Waals surface area contributed by atoms with Crippen molar-refractivity contribution in [3.63, 3.8) is 0 Å². The smallest absolute Gasteiger partial charge is 0.453 e. The van der Waals surface area contributed by atoms with Gasteiger partial charge in [-0.2, -0.15) is 0 Å². The number of aliphatic carboxylic acids is 2. The van der Waals surface area contributed by atoms with Crippen molar-refractivity contribution in [2.45, 2.75) is 30.8 Å². The van der Waals surface area contributed by atoms with Crippen molar-refractivity contribution in [1.82, 2.24) is 5.32 Å². The van der Waals surface area contributed by atoms with E-state index in [1.807, 2.05) is 0 Å². The molecule has 152 valence electrons. The number of rotatable bonds is 6. The van der Waals surface area contributed by atoms with Crippen molar-refractivity contribution >= 4 is 23.5 Å². The molecule has 0 bridgehead atoms. The number of hydrogen-bond acceptors (Lipinski definition) is 6. The first kappa shape index (κ1) is 19.5. The second-order valence-electron chi connectivity index (χ2n) is 7.05. The van der Waals surface area contributed by atoms with Gasteiger partial charge in [0.2, 0.25) is 0 Å². The number of fused-ring (bicyclic) bond motifs is 3. The van der Waals surface area contributed by atoms with Crippen LogP contribution in [0.4, 0.5) is 0 Å². The number of nitrogens with one attached hydrogen (secondary N) is 1. The van der Waals surface area contributed by atoms with E-state index in [2.05, 4.69) is 5.32 Å². The number of ether oxygens (including phenoxy) is 2. The van der Waals surface area contributed by atoms with Crippen LogP contribution in [-0.4, -0.2) is 45.6 Å². The van der Waals surface area contributed by atoms with Gasteiger partial charge in [-0.1, -0.05) is 29.8 Å². The van der Waals surface area contributed by atoms with Gasteiger partial charge in [-0.25, -0.2) is 9.59 Å². The van der Waals surface area contributed by atoms with Gasteiger partial charge in [0.1, 0.15) is 0 Å². The molecule has 0 aromatic heterocycles. The Morgan fingerprint density at radius 2 is 1.93 bits per heavy atom. The molecule has 2 aromatic rings. The Hall–Kier alpha value is -2.81. The minimum Gasteiger partial charge on any atom is -0.475 e. The zero-order chi connectivity index (χ0) is 20.8. The lowest BCUT2D eigenvalue weighted by Crippen LogP contribution is -2.54. The average Bonchev–Trinajstić information content (AvgIpc) is 3.27. The van der Waals surface area contributed by atoms with Crippen LogP contribution in [0.1, 0.15) is 22.8 Å². The summed E-state index contributed by atoms with van der Waals surface area (Å²) in [6, 6.07) is 10.2. The van der Waals surface area contributed by atoms with Gasteiger partial charge >= 0.3 is 17.7 Å². The fraction of sp³-hybridized carbons (Fsp3) is 0.300. The van der Waals surface area contributed by atoms with Crippen LogP contribution < -0.4 is 14.8 Å². The molecule has 29 heavy (non-hydrogen) atoms. The highest BCUT2D eigenvalue weighted by Crippen LogP contribution is 2.46. The van der Waals surface area contributed by atoms with Crippen molar-refractivity contribution in [3.8, 4) is 11.5 Å². The number of aliphatic hydroxyl groups is 1. The van der Waals surface area contributed by atoms with E-state index in [1.54, 1.807) is 30.3 Å². The highest BCUT2D eigenvalue weighted by Gasteiger charge is 2.58. The molecule has 1 heterocycles. The maximum absolute atomic E-state index is 11.5. The van der Waals surface area contributed by atoms with Crippen LogP contribution in [0.5, 0.6) is 11.5 Å². The number of halogens is 1. The van der Waals surface area contributed by atoms with Crippen molar-refractivity contribution < 1.29 is 34.4 Å². The summed E-state index contributed by atoms with van der Waals surface area (Å²) in [6.07, 6.45) is 0.371. The largest absolute Gasteiger partial charge is 0.475 e. The average molecular weight is 420 g/mol. The van der Waals surface area contributed by atoms with E-state index < -0.39 is 23.8 Å². The number of carboxylic acids is 2. The molecule has 0 fully saturated rings. The molecule has 2 aromatic carbocycles. The Bertz CT molecular complexity index is 979. The van der Waals surface area contributed by atoms with Gasteiger partial charge in [0, 0.05) is 23.2 Å². The highest BCUT2D eigenvalue weighted by molar-refractivity contribution is 6.30. The molecule has 2 unspecified atom stereocenters. The van der Waals surface area contributed by atoms with E-state index in [1.165, 1.54) is 6.07 Å². The van der Waals surface area contributed by atoms with E-state index in [9.17, 15) is 24.9 Å². The topological polar surface area (TPSA) is 125 Å². The van der Waals surface area contributed by atoms with Gasteiger partial charge in [0.25, 0.3) is 0 Å². The van der Waals surface area contributed by atoms with Crippen LogP contribution in [0.15, 0.2) is 36.4 Å². The third kappa shape index (κ3) is 3.39. The normalized spacial score (nSPS) is 19.6. The van der Waals surface area contributed by atoms with Gasteiger partial charge in [0.15, 0.2) is 11.5 Å². The fourth-order valence-electron chi connectivity index (χ4n) is 3.68. The molecule has 1 aliphatic heterocycles. The Morgan fingerprint density at radius 1 is 1.17 bits per heavy atom. The first-order valence-corrected chi connectivity index (χ1v) is 9.34. The third-order valence-corrected chi connectivity index (χ3v) is 5.37. The minimum absolute atomic E-state index is 0.0291. The molecule has 4 rings (SSSR count). The molecule has 1 aliphatic carbocycles. The predicted octanol–water partition coefficient (Wildman–Crippen LogP) is 1.77. The van der Waals surface area contributed by atoms with Gasteiger partial charge in [-0.3, -0.25) is 0 Å². The van der Waals surface area contributed by atoms with E-state index in [-0.39, 0.29) is 17.5 Å². The molecular formula is C20H18ClNO7. The first-order chi connectivity index (χ1) is 13.8. The molecule has 0 amide bonds. The quantitative estimate of drug-likeness (QED) is 0.522. The molecular weight excluding hydrogens is 402 g/mol. The molecule has 0 spiro atoms. The van der Waals surface area contributed by atoms with Crippen LogP contribution >= 0.6 is 11.6 Å². The van der Waals surface area contributed by atoms with Crippen molar-refractivity contribution in [2.24, 2.45) is 0 Å². The number of aliphatic hydroxyl groups excluding tert-OH is 1. The van der Waals surface area contributed by atoms with E-state index in [0.29, 0.717) is 35.5 Å². The molecule has 9 heteroatoms. The molecule has 2 aliphatic rings. The standard InChI is InChI=1S/C20H18ClNO7/c21-12-3-1-2-11(6-12)15(23)9-22-13-7-10-4-5-16-17(14(10)8-13)29-20(28-16,18(24)25)19(26)27/h1-6,13,15,22-23H,7-9H2,(H,24,25)(H,26,27). The van der Waals surface area contributed by atoms with Crippen LogP contribution in [0.2, 0.25) is 5.02 Å². The van der Waals surface area contributed by atoms with Crippen molar-refractivity contribution in [3.05, 3.63) is 58.1 Å². The first-order valence-electron chi connectivity index (χ1n) is 8.96. The van der Waals surface area contributed by atoms with E-state index >= 15 is 0 Å². The van der Waals surface area contributed by atoms with Crippen molar-refractivity contribution in [2.75, 3.05) is 6.54 Å². The Morgan fingerprint density at radius 3 is 2.62 bits per heavy atom. The van der Waals surface area contributed by atoms with Crippen molar-refractivity contribution in [1.29, 1.82) is 0 Å². The van der Waals surface area contributed by atoms with Gasteiger partial charge in [-0.15, -0.1) is 0 Å². The minimum atomic E-state index is -2.77. The third-order valence-electron chi connectivity index (χ3n) is 5.13. The second kappa shape index (κ2) is 7.22. The summed E-state index contributed by atoms with van der Waals surface area (Å²) < 4.78 is 10.5. The lowest BCUT2D eigenvalue weighted by molar-refractivity contribution is -0.194. The maximum Gasteiger partial charge on any atom is 0.453 e. The summed E-state index contributed by atoms with van der Waals surface area (Å²) in [5.41, 5.74) is 2.32. The molecule has 4 N–H and O–H groups in total. The van der Waals surface area contributed by atoms with Crippen LogP contribution in [0.25, 0.3) is 0 Å². The number of carboxylic acid groups (broad SMARTS) is 2. The van der Waals surface area contributed by atoms with Gasteiger partial charge < -0.3 is 30.1 Å². The predicted molar refractivity (Wildman–Crippen MR) is 101 cm³/mol. The Balaban J connectivity index is 1.47. The fourth-order valence-corrected chi connectivity index (χ4v) is 3.88. The SMILES string of the molecule is O=C(O)C1(C(=O)O)Oc2ccc3c(c2O1)CC(NCC(O)c1cccc(Cl)c1)C3. The summed E-state index contributed by atoms with van der Waals surface area (Å²) >= 11 is 5.96. The molecule has 8 nitrogen and oxygen atoms in total. The Kier molecular flexibility index (Phi) is 4.85. The lowest BCUT2D eigenvalue weighted by atomic mass is 10.1.